The Morgan fingerprint density at radius 3 is 2.95 bits per heavy atom. The first-order valence-electron chi connectivity index (χ1n) is 7.47. The van der Waals surface area contributed by atoms with Crippen molar-refractivity contribution in [1.82, 2.24) is 5.32 Å². The average Bonchev–Trinajstić information content (AvgIpc) is 2.82. The maximum Gasteiger partial charge on any atom is 0.305 e. The zero-order valence-electron chi connectivity index (χ0n) is 12.4. The number of thiophene rings is 1. The molecule has 20 heavy (non-hydrogen) atoms. The highest BCUT2D eigenvalue weighted by atomic mass is 32.1. The fourth-order valence-electron chi connectivity index (χ4n) is 3.02. The molecule has 1 aliphatic rings. The van der Waals surface area contributed by atoms with E-state index in [-0.39, 0.29) is 12.5 Å². The van der Waals surface area contributed by atoms with Gasteiger partial charge in [-0.2, -0.15) is 0 Å². The van der Waals surface area contributed by atoms with E-state index in [1.54, 1.807) is 11.3 Å². The van der Waals surface area contributed by atoms with Gasteiger partial charge in [0.1, 0.15) is 0 Å². The summed E-state index contributed by atoms with van der Waals surface area (Å²) >= 11 is 1.64. The van der Waals surface area contributed by atoms with E-state index in [4.69, 9.17) is 5.11 Å². The van der Waals surface area contributed by atoms with Gasteiger partial charge in [0.15, 0.2) is 0 Å². The standard InChI is InChI=1S/C16H25NO2S/c1-16(2)8-3-5-12(7-9-16)17-13(11-15(18)19)14-6-4-10-20-14/h4,6,10,12-13,17H,3,5,7-9,11H2,1-2H3,(H,18,19). The van der Waals surface area contributed by atoms with E-state index in [1.165, 1.54) is 19.3 Å². The second-order valence-electron chi connectivity index (χ2n) is 6.62. The minimum absolute atomic E-state index is 0.0429. The lowest BCUT2D eigenvalue weighted by Gasteiger charge is -2.24. The molecule has 0 aromatic carbocycles. The number of aliphatic carboxylic acids is 1. The molecule has 112 valence electrons. The van der Waals surface area contributed by atoms with Crippen molar-refractivity contribution in [3.8, 4) is 0 Å². The highest BCUT2D eigenvalue weighted by Gasteiger charge is 2.26. The smallest absolute Gasteiger partial charge is 0.305 e. The molecule has 1 heterocycles. The molecule has 1 fully saturated rings. The third kappa shape index (κ3) is 4.60. The Morgan fingerprint density at radius 1 is 1.50 bits per heavy atom. The highest BCUT2D eigenvalue weighted by Crippen LogP contribution is 2.35. The fraction of sp³-hybridized carbons (Fsp3) is 0.688. The molecule has 0 aliphatic heterocycles. The van der Waals surface area contributed by atoms with E-state index < -0.39 is 5.97 Å². The van der Waals surface area contributed by atoms with Crippen LogP contribution in [0.2, 0.25) is 0 Å². The first kappa shape index (κ1) is 15.5. The molecule has 0 amide bonds. The van der Waals surface area contributed by atoms with Crippen molar-refractivity contribution in [3.05, 3.63) is 22.4 Å². The van der Waals surface area contributed by atoms with Crippen molar-refractivity contribution in [3.63, 3.8) is 0 Å². The number of rotatable bonds is 5. The largest absolute Gasteiger partial charge is 0.481 e. The van der Waals surface area contributed by atoms with Crippen LogP contribution < -0.4 is 5.32 Å². The third-order valence-electron chi connectivity index (χ3n) is 4.28. The molecule has 1 saturated carbocycles. The van der Waals surface area contributed by atoms with Crippen LogP contribution in [-0.2, 0) is 4.79 Å². The Kier molecular flexibility index (Phi) is 5.22. The lowest BCUT2D eigenvalue weighted by atomic mass is 9.85. The van der Waals surface area contributed by atoms with Gasteiger partial charge in [0.05, 0.1) is 12.5 Å². The predicted molar refractivity (Wildman–Crippen MR) is 83.1 cm³/mol. The molecule has 2 unspecified atom stereocenters. The van der Waals surface area contributed by atoms with Crippen LogP contribution in [0, 0.1) is 5.41 Å². The van der Waals surface area contributed by atoms with Crippen molar-refractivity contribution < 1.29 is 9.90 Å². The number of hydrogen-bond donors (Lipinski definition) is 2. The van der Waals surface area contributed by atoms with Gasteiger partial charge >= 0.3 is 5.97 Å². The molecule has 0 radical (unpaired) electrons. The van der Waals surface area contributed by atoms with Gasteiger partial charge in [-0.05, 0) is 42.5 Å². The minimum Gasteiger partial charge on any atom is -0.481 e. The van der Waals surface area contributed by atoms with Gasteiger partial charge in [0, 0.05) is 10.9 Å². The Balaban J connectivity index is 1.99. The van der Waals surface area contributed by atoms with Gasteiger partial charge in [-0.15, -0.1) is 11.3 Å². The van der Waals surface area contributed by atoms with E-state index in [9.17, 15) is 4.79 Å². The second-order valence-corrected chi connectivity index (χ2v) is 7.60. The van der Waals surface area contributed by atoms with E-state index in [0.717, 1.165) is 17.7 Å². The molecule has 4 heteroatoms. The molecule has 0 bridgehead atoms. The summed E-state index contributed by atoms with van der Waals surface area (Å²) in [5.41, 5.74) is 0.432. The van der Waals surface area contributed by atoms with Crippen molar-refractivity contribution in [2.45, 2.75) is 64.5 Å². The van der Waals surface area contributed by atoms with Crippen LogP contribution >= 0.6 is 11.3 Å². The highest BCUT2D eigenvalue weighted by molar-refractivity contribution is 7.10. The summed E-state index contributed by atoms with van der Waals surface area (Å²) in [5.74, 6) is -0.732. The number of carboxylic acid groups (broad SMARTS) is 1. The zero-order chi connectivity index (χ0) is 14.6. The van der Waals surface area contributed by atoms with Crippen molar-refractivity contribution in [2.75, 3.05) is 0 Å². The lowest BCUT2D eigenvalue weighted by molar-refractivity contribution is -0.137. The number of carbonyl (C=O) groups is 1. The lowest BCUT2D eigenvalue weighted by Crippen LogP contribution is -2.33. The van der Waals surface area contributed by atoms with E-state index in [1.807, 2.05) is 17.5 Å². The predicted octanol–water partition coefficient (Wildman–Crippen LogP) is 4.21. The topological polar surface area (TPSA) is 49.3 Å². The SMILES string of the molecule is CC1(C)CCCC(NC(CC(=O)O)c2cccs2)CC1. The normalized spacial score (nSPS) is 24.0. The van der Waals surface area contributed by atoms with Crippen LogP contribution in [0.25, 0.3) is 0 Å². The third-order valence-corrected chi connectivity index (χ3v) is 5.26. The molecule has 2 rings (SSSR count). The quantitative estimate of drug-likeness (QED) is 0.800. The molecule has 0 saturated heterocycles. The zero-order valence-corrected chi connectivity index (χ0v) is 13.2. The number of nitrogens with one attached hydrogen (secondary N) is 1. The van der Waals surface area contributed by atoms with Crippen molar-refractivity contribution in [2.24, 2.45) is 5.41 Å². The van der Waals surface area contributed by atoms with Crippen LogP contribution in [0.3, 0.4) is 0 Å². The van der Waals surface area contributed by atoms with Gasteiger partial charge in [-0.1, -0.05) is 26.3 Å². The first-order valence-corrected chi connectivity index (χ1v) is 8.35. The molecule has 1 aromatic rings. The number of hydrogen-bond acceptors (Lipinski definition) is 3. The number of carboxylic acids is 1. The molecule has 3 nitrogen and oxygen atoms in total. The molecule has 2 atom stereocenters. The van der Waals surface area contributed by atoms with Crippen LogP contribution in [0.1, 0.15) is 63.3 Å². The molecule has 1 aromatic heterocycles. The maximum atomic E-state index is 11.1. The van der Waals surface area contributed by atoms with Crippen LogP contribution in [-0.4, -0.2) is 17.1 Å². The Labute approximate surface area is 125 Å². The minimum atomic E-state index is -0.732. The Bertz CT molecular complexity index is 428. The summed E-state index contributed by atoms with van der Waals surface area (Å²) in [6, 6.07) is 4.43. The van der Waals surface area contributed by atoms with E-state index in [2.05, 4.69) is 19.2 Å². The van der Waals surface area contributed by atoms with Gasteiger partial charge in [0.2, 0.25) is 0 Å². The summed E-state index contributed by atoms with van der Waals surface area (Å²) in [6.45, 7) is 4.67. The summed E-state index contributed by atoms with van der Waals surface area (Å²) in [7, 11) is 0. The van der Waals surface area contributed by atoms with Crippen LogP contribution in [0.5, 0.6) is 0 Å². The summed E-state index contributed by atoms with van der Waals surface area (Å²) in [4.78, 5) is 12.2. The van der Waals surface area contributed by atoms with Crippen LogP contribution in [0.4, 0.5) is 0 Å². The monoisotopic (exact) mass is 295 g/mol. The summed E-state index contributed by atoms with van der Waals surface area (Å²) in [5, 5.41) is 14.7. The summed E-state index contributed by atoms with van der Waals surface area (Å²) in [6.07, 6.45) is 6.19. The molecular weight excluding hydrogens is 270 g/mol. The molecule has 1 aliphatic carbocycles. The van der Waals surface area contributed by atoms with Gasteiger partial charge < -0.3 is 10.4 Å². The van der Waals surface area contributed by atoms with Gasteiger partial charge in [-0.25, -0.2) is 0 Å². The van der Waals surface area contributed by atoms with Gasteiger partial charge in [0.25, 0.3) is 0 Å². The van der Waals surface area contributed by atoms with Crippen LogP contribution in [0.15, 0.2) is 17.5 Å². The fourth-order valence-corrected chi connectivity index (χ4v) is 3.81. The second kappa shape index (κ2) is 6.72. The Hall–Kier alpha value is -0.870. The molecular formula is C16H25NO2S. The van der Waals surface area contributed by atoms with E-state index in [0.29, 0.717) is 11.5 Å². The average molecular weight is 295 g/mol. The van der Waals surface area contributed by atoms with Gasteiger partial charge in [-0.3, -0.25) is 4.79 Å². The first-order chi connectivity index (χ1) is 9.46. The van der Waals surface area contributed by atoms with Crippen molar-refractivity contribution in [1.29, 1.82) is 0 Å². The van der Waals surface area contributed by atoms with E-state index >= 15 is 0 Å². The summed E-state index contributed by atoms with van der Waals surface area (Å²) < 4.78 is 0. The van der Waals surface area contributed by atoms with Crippen molar-refractivity contribution >= 4 is 17.3 Å². The maximum absolute atomic E-state index is 11.1. The Morgan fingerprint density at radius 2 is 2.30 bits per heavy atom. The molecule has 0 spiro atoms. The molecule has 2 N–H and O–H groups in total.